The van der Waals surface area contributed by atoms with E-state index in [-0.39, 0.29) is 5.88 Å². The van der Waals surface area contributed by atoms with E-state index in [0.29, 0.717) is 11.3 Å². The van der Waals surface area contributed by atoms with Crippen LogP contribution in [-0.2, 0) is 0 Å². The van der Waals surface area contributed by atoms with Crippen LogP contribution in [0.25, 0.3) is 10.9 Å². The van der Waals surface area contributed by atoms with Crippen LogP contribution in [0.4, 0.5) is 0 Å². The first-order valence-corrected chi connectivity index (χ1v) is 6.46. The van der Waals surface area contributed by atoms with Crippen LogP contribution in [0.3, 0.4) is 0 Å². The van der Waals surface area contributed by atoms with Gasteiger partial charge in [-0.2, -0.15) is 10.4 Å². The van der Waals surface area contributed by atoms with Gasteiger partial charge in [-0.25, -0.2) is 0 Å². The van der Waals surface area contributed by atoms with Gasteiger partial charge in [0.2, 0.25) is 0 Å². The van der Waals surface area contributed by atoms with E-state index < -0.39 is 0 Å². The minimum absolute atomic E-state index is 0.219. The summed E-state index contributed by atoms with van der Waals surface area (Å²) >= 11 is 0. The monoisotopic (exact) mass is 276 g/mol. The van der Waals surface area contributed by atoms with Crippen LogP contribution in [0.1, 0.15) is 16.8 Å². The van der Waals surface area contributed by atoms with E-state index in [0.717, 1.165) is 22.2 Å². The number of aryl methyl sites for hydroxylation is 1. The van der Waals surface area contributed by atoms with Crippen LogP contribution in [0.15, 0.2) is 36.5 Å². The molecule has 3 rings (SSSR count). The van der Waals surface area contributed by atoms with E-state index in [4.69, 9.17) is 4.74 Å². The Morgan fingerprint density at radius 1 is 1.10 bits per heavy atom. The molecule has 0 aliphatic rings. The quantitative estimate of drug-likeness (QED) is 0.718. The van der Waals surface area contributed by atoms with Crippen molar-refractivity contribution in [1.29, 1.82) is 5.26 Å². The van der Waals surface area contributed by atoms with Crippen molar-refractivity contribution in [3.05, 3.63) is 53.3 Å². The summed E-state index contributed by atoms with van der Waals surface area (Å²) in [5.74, 6) is 0.826. The normalized spacial score (nSPS) is 10.3. The van der Waals surface area contributed by atoms with Crippen LogP contribution in [0, 0.1) is 25.2 Å². The summed E-state index contributed by atoms with van der Waals surface area (Å²) in [4.78, 5) is 4.28. The zero-order valence-corrected chi connectivity index (χ0v) is 11.7. The highest BCUT2D eigenvalue weighted by Crippen LogP contribution is 2.30. The van der Waals surface area contributed by atoms with Gasteiger partial charge in [0.25, 0.3) is 5.88 Å². The van der Waals surface area contributed by atoms with E-state index in [1.54, 1.807) is 6.20 Å². The molecular formula is C16H12N4O. The lowest BCUT2D eigenvalue weighted by atomic mass is 10.1. The molecular weight excluding hydrogens is 264 g/mol. The van der Waals surface area contributed by atoms with Gasteiger partial charge in [-0.15, -0.1) is 5.10 Å². The number of benzene rings is 1. The molecule has 0 bridgehead atoms. The number of aromatic nitrogens is 3. The molecule has 5 heteroatoms. The fourth-order valence-corrected chi connectivity index (χ4v) is 2.06. The summed E-state index contributed by atoms with van der Waals surface area (Å²) < 4.78 is 5.81. The smallest absolute Gasteiger partial charge is 0.257 e. The molecule has 0 N–H and O–H groups in total. The van der Waals surface area contributed by atoms with Crippen LogP contribution >= 0.6 is 0 Å². The van der Waals surface area contributed by atoms with Gasteiger partial charge in [-0.05, 0) is 43.7 Å². The van der Waals surface area contributed by atoms with Crippen molar-refractivity contribution in [2.24, 2.45) is 0 Å². The Balaban J connectivity index is 2.12. The van der Waals surface area contributed by atoms with E-state index in [1.165, 1.54) is 0 Å². The molecule has 0 spiro atoms. The highest BCUT2D eigenvalue weighted by atomic mass is 16.5. The average Bonchev–Trinajstić information content (AvgIpc) is 2.52. The molecule has 0 amide bonds. The van der Waals surface area contributed by atoms with E-state index in [1.807, 2.05) is 44.2 Å². The summed E-state index contributed by atoms with van der Waals surface area (Å²) in [5, 5.41) is 18.2. The van der Waals surface area contributed by atoms with Gasteiger partial charge in [0, 0.05) is 11.6 Å². The second-order valence-electron chi connectivity index (χ2n) is 4.63. The Bertz CT molecular complexity index is 863. The van der Waals surface area contributed by atoms with E-state index >= 15 is 0 Å². The maximum Gasteiger partial charge on any atom is 0.257 e. The van der Waals surface area contributed by atoms with Gasteiger partial charge < -0.3 is 4.74 Å². The Hall–Kier alpha value is -3.00. The van der Waals surface area contributed by atoms with Gasteiger partial charge in [0.1, 0.15) is 17.4 Å². The Morgan fingerprint density at radius 2 is 1.95 bits per heavy atom. The lowest BCUT2D eigenvalue weighted by Gasteiger charge is -2.10. The number of nitriles is 1. The van der Waals surface area contributed by atoms with Crippen molar-refractivity contribution in [3.63, 3.8) is 0 Å². The van der Waals surface area contributed by atoms with Gasteiger partial charge in [0.15, 0.2) is 0 Å². The first-order chi connectivity index (χ1) is 10.2. The third kappa shape index (κ3) is 2.28. The summed E-state index contributed by atoms with van der Waals surface area (Å²) in [5.41, 5.74) is 2.73. The number of ether oxygens (including phenoxy) is 1. The van der Waals surface area contributed by atoms with Gasteiger partial charge in [-0.3, -0.25) is 4.98 Å². The van der Waals surface area contributed by atoms with Crippen molar-refractivity contribution in [2.45, 2.75) is 13.8 Å². The molecule has 0 radical (unpaired) electrons. The number of hydrogen-bond donors (Lipinski definition) is 0. The van der Waals surface area contributed by atoms with Crippen LogP contribution in [0.5, 0.6) is 11.6 Å². The predicted octanol–water partition coefficient (Wildman–Crippen LogP) is 3.31. The minimum atomic E-state index is 0.219. The summed E-state index contributed by atoms with van der Waals surface area (Å²) in [7, 11) is 0. The molecule has 2 aromatic heterocycles. The van der Waals surface area contributed by atoms with Crippen molar-refractivity contribution in [3.8, 4) is 17.7 Å². The van der Waals surface area contributed by atoms with Crippen LogP contribution in [0.2, 0.25) is 0 Å². The minimum Gasteiger partial charge on any atom is -0.436 e. The van der Waals surface area contributed by atoms with Crippen LogP contribution in [-0.4, -0.2) is 15.2 Å². The molecule has 0 unspecified atom stereocenters. The predicted molar refractivity (Wildman–Crippen MR) is 78.0 cm³/mol. The summed E-state index contributed by atoms with van der Waals surface area (Å²) in [6.45, 7) is 3.65. The van der Waals surface area contributed by atoms with E-state index in [2.05, 4.69) is 21.3 Å². The zero-order chi connectivity index (χ0) is 14.8. The number of fused-ring (bicyclic) bond motifs is 1. The molecule has 102 valence electrons. The van der Waals surface area contributed by atoms with Crippen LogP contribution < -0.4 is 4.74 Å². The third-order valence-corrected chi connectivity index (χ3v) is 3.35. The summed E-state index contributed by atoms with van der Waals surface area (Å²) in [6.07, 6.45) is 1.72. The SMILES string of the molecule is Cc1nnc(Oc2cccc3ncccc23)c(C#N)c1C. The zero-order valence-electron chi connectivity index (χ0n) is 11.7. The lowest BCUT2D eigenvalue weighted by molar-refractivity contribution is 0.456. The molecule has 0 saturated heterocycles. The Labute approximate surface area is 121 Å². The lowest BCUT2D eigenvalue weighted by Crippen LogP contribution is -2.00. The molecule has 21 heavy (non-hydrogen) atoms. The highest BCUT2D eigenvalue weighted by molar-refractivity contribution is 5.85. The number of nitrogens with zero attached hydrogens (tertiary/aromatic N) is 4. The molecule has 0 aliphatic carbocycles. The molecule has 2 heterocycles. The molecule has 3 aromatic rings. The van der Waals surface area contributed by atoms with Crippen molar-refractivity contribution >= 4 is 10.9 Å². The second-order valence-corrected chi connectivity index (χ2v) is 4.63. The maximum atomic E-state index is 9.30. The standard InChI is InChI=1S/C16H12N4O/c1-10-11(2)19-20-16(13(10)9-17)21-15-7-3-6-14-12(15)5-4-8-18-14/h3-8H,1-2H3. The molecule has 0 atom stereocenters. The van der Waals surface area contributed by atoms with Crippen molar-refractivity contribution in [2.75, 3.05) is 0 Å². The third-order valence-electron chi connectivity index (χ3n) is 3.35. The first-order valence-electron chi connectivity index (χ1n) is 6.46. The topological polar surface area (TPSA) is 71.7 Å². The maximum absolute atomic E-state index is 9.30. The summed E-state index contributed by atoms with van der Waals surface area (Å²) in [6, 6.07) is 11.5. The van der Waals surface area contributed by atoms with E-state index in [9.17, 15) is 5.26 Å². The number of hydrogen-bond acceptors (Lipinski definition) is 5. The van der Waals surface area contributed by atoms with Crippen molar-refractivity contribution < 1.29 is 4.74 Å². The van der Waals surface area contributed by atoms with Gasteiger partial charge in [0.05, 0.1) is 11.2 Å². The largest absolute Gasteiger partial charge is 0.436 e. The number of rotatable bonds is 2. The highest BCUT2D eigenvalue weighted by Gasteiger charge is 2.14. The van der Waals surface area contributed by atoms with Gasteiger partial charge >= 0.3 is 0 Å². The first kappa shape index (κ1) is 13.0. The van der Waals surface area contributed by atoms with Crippen molar-refractivity contribution in [1.82, 2.24) is 15.2 Å². The Morgan fingerprint density at radius 3 is 2.76 bits per heavy atom. The van der Waals surface area contributed by atoms with Gasteiger partial charge in [-0.1, -0.05) is 6.07 Å². The second kappa shape index (κ2) is 5.17. The molecule has 0 aliphatic heterocycles. The molecule has 1 aromatic carbocycles. The average molecular weight is 276 g/mol. The Kier molecular flexibility index (Phi) is 3.20. The number of pyridine rings is 1. The fraction of sp³-hybridized carbons (Fsp3) is 0.125. The molecule has 5 nitrogen and oxygen atoms in total. The molecule has 0 fully saturated rings. The fourth-order valence-electron chi connectivity index (χ4n) is 2.06. The molecule has 0 saturated carbocycles.